The lowest BCUT2D eigenvalue weighted by molar-refractivity contribution is -0.123. The Hall–Kier alpha value is -1.26. The molecule has 1 aliphatic heterocycles. The van der Waals surface area contributed by atoms with Gasteiger partial charge in [0.2, 0.25) is 5.91 Å². The molecule has 3 fully saturated rings. The van der Waals surface area contributed by atoms with E-state index >= 15 is 0 Å². The maximum absolute atomic E-state index is 12.8. The number of rotatable bonds is 5. The first kappa shape index (κ1) is 20.5. The van der Waals surface area contributed by atoms with Crippen molar-refractivity contribution in [2.24, 2.45) is 11.3 Å². The first-order chi connectivity index (χ1) is 12.7. The minimum absolute atomic E-state index is 0. The Bertz CT molecular complexity index is 634. The van der Waals surface area contributed by atoms with Gasteiger partial charge in [-0.3, -0.25) is 4.79 Å². The number of benzene rings is 1. The smallest absolute Gasteiger partial charge is 0.223 e. The molecule has 2 saturated carbocycles. The lowest BCUT2D eigenvalue weighted by Gasteiger charge is -2.38. The molecule has 1 heterocycles. The summed E-state index contributed by atoms with van der Waals surface area (Å²) in [6.07, 6.45) is 9.56. The van der Waals surface area contributed by atoms with Crippen LogP contribution in [0.15, 0.2) is 24.3 Å². The molecule has 4 nitrogen and oxygen atoms in total. The zero-order valence-electron chi connectivity index (χ0n) is 16.4. The number of carbonyl (C=O) groups is 1. The molecule has 2 aliphatic carbocycles. The molecule has 1 aromatic carbocycles. The van der Waals surface area contributed by atoms with Crippen molar-refractivity contribution in [2.45, 2.75) is 56.8 Å². The first-order valence-corrected chi connectivity index (χ1v) is 10.3. The Morgan fingerprint density at radius 2 is 1.78 bits per heavy atom. The van der Waals surface area contributed by atoms with Crippen molar-refractivity contribution in [2.75, 3.05) is 26.7 Å². The largest absolute Gasteiger partial charge is 0.497 e. The fourth-order valence-corrected chi connectivity index (χ4v) is 5.32. The SMILES string of the molecule is COc1ccc(C2(CNC(=O)C3CC34CCNCC4)CCCCC2)cc1.Cl. The van der Waals surface area contributed by atoms with E-state index < -0.39 is 0 Å². The second kappa shape index (κ2) is 8.40. The Labute approximate surface area is 169 Å². The highest BCUT2D eigenvalue weighted by molar-refractivity contribution is 5.85. The predicted octanol–water partition coefficient (Wildman–Crippen LogP) is 3.82. The van der Waals surface area contributed by atoms with E-state index in [-0.39, 0.29) is 23.7 Å². The van der Waals surface area contributed by atoms with Crippen LogP contribution < -0.4 is 15.4 Å². The molecule has 1 unspecified atom stereocenters. The Morgan fingerprint density at radius 3 is 2.41 bits per heavy atom. The van der Waals surface area contributed by atoms with E-state index in [1.54, 1.807) is 7.11 Å². The molecule has 0 radical (unpaired) electrons. The average Bonchev–Trinajstić information content (AvgIpc) is 3.40. The monoisotopic (exact) mass is 392 g/mol. The Morgan fingerprint density at radius 1 is 1.11 bits per heavy atom. The third-order valence-corrected chi connectivity index (χ3v) is 7.22. The van der Waals surface area contributed by atoms with Gasteiger partial charge < -0.3 is 15.4 Å². The van der Waals surface area contributed by atoms with Gasteiger partial charge in [-0.1, -0.05) is 31.4 Å². The molecule has 0 aromatic heterocycles. The summed E-state index contributed by atoms with van der Waals surface area (Å²) in [5.41, 5.74) is 1.76. The van der Waals surface area contributed by atoms with Gasteiger partial charge in [0.15, 0.2) is 0 Å². The van der Waals surface area contributed by atoms with E-state index in [0.29, 0.717) is 11.3 Å². The van der Waals surface area contributed by atoms with Crippen LogP contribution >= 0.6 is 12.4 Å². The summed E-state index contributed by atoms with van der Waals surface area (Å²) in [6.45, 7) is 2.92. The van der Waals surface area contributed by atoms with Crippen LogP contribution in [0.3, 0.4) is 0 Å². The van der Waals surface area contributed by atoms with Crippen molar-refractivity contribution in [1.29, 1.82) is 0 Å². The number of carbonyl (C=O) groups excluding carboxylic acids is 1. The quantitative estimate of drug-likeness (QED) is 0.800. The Kier molecular flexibility index (Phi) is 6.37. The number of halogens is 1. The van der Waals surface area contributed by atoms with Crippen LogP contribution in [0.1, 0.15) is 56.9 Å². The van der Waals surface area contributed by atoms with Crippen molar-refractivity contribution >= 4 is 18.3 Å². The minimum Gasteiger partial charge on any atom is -0.497 e. The average molecular weight is 393 g/mol. The van der Waals surface area contributed by atoms with Crippen LogP contribution in [0.25, 0.3) is 0 Å². The highest BCUT2D eigenvalue weighted by atomic mass is 35.5. The second-order valence-corrected chi connectivity index (χ2v) is 8.66. The lowest BCUT2D eigenvalue weighted by Crippen LogP contribution is -2.43. The van der Waals surface area contributed by atoms with Gasteiger partial charge in [-0.15, -0.1) is 12.4 Å². The van der Waals surface area contributed by atoms with E-state index in [0.717, 1.165) is 44.6 Å². The second-order valence-electron chi connectivity index (χ2n) is 8.66. The number of hydrogen-bond acceptors (Lipinski definition) is 3. The van der Waals surface area contributed by atoms with Crippen LogP contribution in [0.2, 0.25) is 0 Å². The van der Waals surface area contributed by atoms with Crippen molar-refractivity contribution in [3.05, 3.63) is 29.8 Å². The van der Waals surface area contributed by atoms with E-state index in [2.05, 4.69) is 34.9 Å². The molecule has 5 heteroatoms. The van der Waals surface area contributed by atoms with Gasteiger partial charge in [0.1, 0.15) is 5.75 Å². The first-order valence-electron chi connectivity index (χ1n) is 10.3. The van der Waals surface area contributed by atoms with E-state index in [1.807, 2.05) is 0 Å². The van der Waals surface area contributed by atoms with Crippen LogP contribution in [-0.4, -0.2) is 32.7 Å². The van der Waals surface area contributed by atoms with Crippen LogP contribution in [0, 0.1) is 11.3 Å². The van der Waals surface area contributed by atoms with Gasteiger partial charge in [0.25, 0.3) is 0 Å². The van der Waals surface area contributed by atoms with Crippen LogP contribution in [0.4, 0.5) is 0 Å². The minimum atomic E-state index is 0. The van der Waals surface area contributed by atoms with Gasteiger partial charge >= 0.3 is 0 Å². The van der Waals surface area contributed by atoms with Crippen molar-refractivity contribution in [1.82, 2.24) is 10.6 Å². The third kappa shape index (κ3) is 4.12. The maximum atomic E-state index is 12.8. The third-order valence-electron chi connectivity index (χ3n) is 7.22. The predicted molar refractivity (Wildman–Crippen MR) is 111 cm³/mol. The van der Waals surface area contributed by atoms with Crippen LogP contribution in [-0.2, 0) is 10.2 Å². The number of piperidine rings is 1. The highest BCUT2D eigenvalue weighted by Gasteiger charge is 2.57. The fourth-order valence-electron chi connectivity index (χ4n) is 5.32. The van der Waals surface area contributed by atoms with E-state index in [4.69, 9.17) is 4.74 Å². The summed E-state index contributed by atoms with van der Waals surface area (Å²) in [7, 11) is 1.71. The highest BCUT2D eigenvalue weighted by Crippen LogP contribution is 2.58. The van der Waals surface area contributed by atoms with Crippen LogP contribution in [0.5, 0.6) is 5.75 Å². The Balaban J connectivity index is 0.00000210. The molecule has 1 saturated heterocycles. The molecule has 2 N–H and O–H groups in total. The standard InChI is InChI=1S/C22H32N2O2.ClH/c1-26-18-7-5-17(6-8-18)22(9-3-2-4-10-22)16-24-20(25)19-15-21(19)11-13-23-14-12-21;/h5-8,19,23H,2-4,9-16H2,1H3,(H,24,25);1H. The molecule has 0 bridgehead atoms. The van der Waals surface area contributed by atoms with Gasteiger partial charge in [0.05, 0.1) is 7.11 Å². The molecule has 1 aromatic rings. The number of nitrogens with one attached hydrogen (secondary N) is 2. The molecule has 4 rings (SSSR count). The summed E-state index contributed by atoms with van der Waals surface area (Å²) < 4.78 is 5.32. The number of methoxy groups -OCH3 is 1. The molecule has 1 amide bonds. The molecule has 3 aliphatic rings. The van der Waals surface area contributed by atoms with E-state index in [1.165, 1.54) is 37.7 Å². The molecular formula is C22H33ClN2O2. The van der Waals surface area contributed by atoms with Crippen molar-refractivity contribution in [3.8, 4) is 5.75 Å². The van der Waals surface area contributed by atoms with Gasteiger partial charge in [-0.05, 0) is 68.3 Å². The summed E-state index contributed by atoms with van der Waals surface area (Å²) in [5, 5.41) is 6.78. The van der Waals surface area contributed by atoms with Gasteiger partial charge in [-0.25, -0.2) is 0 Å². The summed E-state index contributed by atoms with van der Waals surface area (Å²) in [6, 6.07) is 8.50. The molecular weight excluding hydrogens is 360 g/mol. The molecule has 150 valence electrons. The lowest BCUT2D eigenvalue weighted by atomic mass is 9.69. The topological polar surface area (TPSA) is 50.4 Å². The summed E-state index contributed by atoms with van der Waals surface area (Å²) >= 11 is 0. The number of amides is 1. The number of ether oxygens (including phenoxy) is 1. The summed E-state index contributed by atoms with van der Waals surface area (Å²) in [4.78, 5) is 12.8. The van der Waals surface area contributed by atoms with Crippen molar-refractivity contribution < 1.29 is 9.53 Å². The molecule has 1 spiro atoms. The van der Waals surface area contributed by atoms with Crippen molar-refractivity contribution in [3.63, 3.8) is 0 Å². The molecule has 1 atom stereocenters. The zero-order chi connectivity index (χ0) is 18.0. The summed E-state index contributed by atoms with van der Waals surface area (Å²) in [5.74, 6) is 1.45. The van der Waals surface area contributed by atoms with E-state index in [9.17, 15) is 4.79 Å². The number of hydrogen-bond donors (Lipinski definition) is 2. The maximum Gasteiger partial charge on any atom is 0.223 e. The molecule has 27 heavy (non-hydrogen) atoms. The zero-order valence-corrected chi connectivity index (χ0v) is 17.2. The normalized spacial score (nSPS) is 25.3. The fraction of sp³-hybridized carbons (Fsp3) is 0.682. The van der Waals surface area contributed by atoms with Gasteiger partial charge in [-0.2, -0.15) is 0 Å². The van der Waals surface area contributed by atoms with Gasteiger partial charge in [0, 0.05) is 17.9 Å².